The number of fused-ring (bicyclic) bond motifs is 12. The van der Waals surface area contributed by atoms with Crippen LogP contribution in [0.5, 0.6) is 0 Å². The lowest BCUT2D eigenvalue weighted by atomic mass is 10.00. The van der Waals surface area contributed by atoms with E-state index in [9.17, 15) is 0 Å². The summed E-state index contributed by atoms with van der Waals surface area (Å²) in [6.07, 6.45) is 0. The Morgan fingerprint density at radius 1 is 0.0982 bits per heavy atom. The summed E-state index contributed by atoms with van der Waals surface area (Å²) in [4.78, 5) is 0. The van der Waals surface area contributed by atoms with Crippen LogP contribution >= 0.6 is 0 Å². The summed E-state index contributed by atoms with van der Waals surface area (Å²) in [6, 6.07) is 159. The predicted octanol–water partition coefficient (Wildman–Crippen LogP) is 29.1. The predicted molar refractivity (Wildman–Crippen MR) is 474 cm³/mol. The number of para-hydroxylation sites is 4. The molecule has 0 saturated carbocycles. The minimum Gasteiger partial charge on any atom is -0.309 e. The average Bonchev–Trinajstić information content (AvgIpc) is 1.60. The number of benzene rings is 18. The fraction of sp³-hybridized carbons (Fsp3) is 0. The molecular weight excluding hydrogens is 1350 g/mol. The summed E-state index contributed by atoms with van der Waals surface area (Å²) < 4.78 is 9.60. The van der Waals surface area contributed by atoms with Gasteiger partial charge in [-0.1, -0.05) is 315 Å². The van der Waals surface area contributed by atoms with Crippen LogP contribution in [0.15, 0.2) is 437 Å². The zero-order valence-electron chi connectivity index (χ0n) is 61.4. The summed E-state index contributed by atoms with van der Waals surface area (Å²) in [5.41, 5.74) is 33.7. The highest BCUT2D eigenvalue weighted by atomic mass is 15.0. The van der Waals surface area contributed by atoms with Gasteiger partial charge < -0.3 is 18.3 Å². The van der Waals surface area contributed by atoms with Crippen LogP contribution in [0.3, 0.4) is 0 Å². The maximum Gasteiger partial charge on any atom is 0.0541 e. The largest absolute Gasteiger partial charge is 0.309 e. The molecule has 0 aliphatic carbocycles. The lowest BCUT2D eigenvalue weighted by Gasteiger charge is -2.11. The van der Waals surface area contributed by atoms with Gasteiger partial charge in [-0.2, -0.15) is 0 Å². The first kappa shape index (κ1) is 65.5. The third-order valence-electron chi connectivity index (χ3n) is 22.7. The zero-order valence-corrected chi connectivity index (χ0v) is 61.4. The molecule has 0 fully saturated rings. The van der Waals surface area contributed by atoms with Crippen molar-refractivity contribution in [2.45, 2.75) is 0 Å². The number of hydrogen-bond donors (Lipinski definition) is 0. The SMILES string of the molecule is c1ccc(-c2ccc(-c3ccc(-n4c5ccccc5c5cc(-c6ccc7c(c6)c6ccccc6n7-c6ccc(-c7ccccc7)cc6)ccc54)cc3)cc2)cc1.c1ccc(-c2ccc(-c3cccc(-n4c5ccccc5c5cc(-c6ccc7c(c6)c6ccccc6n7-c6ccc(-c7ccccc7)cc6)ccc54)c3)cc2)cc1. The van der Waals surface area contributed by atoms with E-state index in [1.54, 1.807) is 0 Å². The molecule has 4 heterocycles. The Bertz CT molecular complexity index is 7270. The third kappa shape index (κ3) is 11.6. The zero-order chi connectivity index (χ0) is 74.0. The lowest BCUT2D eigenvalue weighted by Crippen LogP contribution is -1.94. The first-order valence-corrected chi connectivity index (χ1v) is 38.5. The molecule has 524 valence electrons. The fourth-order valence-electron chi connectivity index (χ4n) is 17.2. The van der Waals surface area contributed by atoms with E-state index in [4.69, 9.17) is 0 Å². The van der Waals surface area contributed by atoms with Crippen molar-refractivity contribution in [3.63, 3.8) is 0 Å². The molecule has 4 heteroatoms. The van der Waals surface area contributed by atoms with Gasteiger partial charge in [-0.15, -0.1) is 0 Å². The first-order chi connectivity index (χ1) is 55.5. The summed E-state index contributed by atoms with van der Waals surface area (Å²) in [7, 11) is 0. The van der Waals surface area contributed by atoms with Crippen LogP contribution in [-0.2, 0) is 0 Å². The van der Waals surface area contributed by atoms with E-state index in [-0.39, 0.29) is 0 Å². The fourth-order valence-corrected chi connectivity index (χ4v) is 17.2. The number of nitrogens with zero attached hydrogens (tertiary/aromatic N) is 4. The molecule has 4 aromatic heterocycles. The van der Waals surface area contributed by atoms with Gasteiger partial charge in [0, 0.05) is 65.8 Å². The van der Waals surface area contributed by atoms with Crippen LogP contribution in [0.25, 0.3) is 199 Å². The maximum atomic E-state index is 2.41. The van der Waals surface area contributed by atoms with E-state index in [0.29, 0.717) is 0 Å². The minimum absolute atomic E-state index is 1.15. The van der Waals surface area contributed by atoms with Crippen molar-refractivity contribution in [2.24, 2.45) is 0 Å². The van der Waals surface area contributed by atoms with Gasteiger partial charge in [0.25, 0.3) is 0 Å². The molecule has 22 aromatic rings. The highest BCUT2D eigenvalue weighted by Crippen LogP contribution is 2.43. The molecule has 22 rings (SSSR count). The Balaban J connectivity index is 0.000000141. The number of rotatable bonds is 12. The van der Waals surface area contributed by atoms with E-state index >= 15 is 0 Å². The van der Waals surface area contributed by atoms with Crippen LogP contribution in [0.4, 0.5) is 0 Å². The molecule has 0 atom stereocenters. The van der Waals surface area contributed by atoms with Crippen LogP contribution in [0.1, 0.15) is 0 Å². The van der Waals surface area contributed by atoms with Gasteiger partial charge in [0.05, 0.1) is 44.1 Å². The molecule has 0 saturated heterocycles. The molecule has 0 amide bonds. The molecule has 0 aliphatic rings. The van der Waals surface area contributed by atoms with Crippen LogP contribution in [-0.4, -0.2) is 18.3 Å². The van der Waals surface area contributed by atoms with Gasteiger partial charge in [0.15, 0.2) is 0 Å². The minimum atomic E-state index is 1.15. The maximum absolute atomic E-state index is 2.41. The average molecular weight is 1430 g/mol. The van der Waals surface area contributed by atoms with Gasteiger partial charge >= 0.3 is 0 Å². The van der Waals surface area contributed by atoms with E-state index < -0.39 is 0 Å². The Hall–Kier alpha value is -14.8. The molecule has 4 nitrogen and oxygen atoms in total. The summed E-state index contributed by atoms with van der Waals surface area (Å²) in [5, 5.41) is 10.0. The van der Waals surface area contributed by atoms with Crippen molar-refractivity contribution in [2.75, 3.05) is 0 Å². The van der Waals surface area contributed by atoms with E-state index in [0.717, 1.165) is 22.7 Å². The second-order valence-electron chi connectivity index (χ2n) is 29.1. The van der Waals surface area contributed by atoms with E-state index in [1.807, 2.05) is 0 Å². The highest BCUT2D eigenvalue weighted by molar-refractivity contribution is 6.15. The summed E-state index contributed by atoms with van der Waals surface area (Å²) in [6.45, 7) is 0. The monoisotopic (exact) mass is 1420 g/mol. The van der Waals surface area contributed by atoms with Crippen LogP contribution in [0, 0.1) is 0 Å². The van der Waals surface area contributed by atoms with Gasteiger partial charge in [0.2, 0.25) is 0 Å². The van der Waals surface area contributed by atoms with Crippen molar-refractivity contribution in [1.29, 1.82) is 0 Å². The van der Waals surface area contributed by atoms with Crippen molar-refractivity contribution in [3.05, 3.63) is 437 Å². The summed E-state index contributed by atoms with van der Waals surface area (Å²) in [5.74, 6) is 0. The van der Waals surface area contributed by atoms with Gasteiger partial charge in [-0.3, -0.25) is 0 Å². The quantitative estimate of drug-likeness (QED) is 0.116. The Labute approximate surface area is 649 Å². The molecule has 0 unspecified atom stereocenters. The second kappa shape index (κ2) is 27.7. The molecule has 112 heavy (non-hydrogen) atoms. The normalized spacial score (nSPS) is 11.6. The second-order valence-corrected chi connectivity index (χ2v) is 29.1. The van der Waals surface area contributed by atoms with Gasteiger partial charge in [-0.25, -0.2) is 0 Å². The first-order valence-electron chi connectivity index (χ1n) is 38.5. The van der Waals surface area contributed by atoms with Gasteiger partial charge in [0.1, 0.15) is 0 Å². The van der Waals surface area contributed by atoms with Crippen molar-refractivity contribution in [1.82, 2.24) is 18.3 Å². The molecule has 0 aliphatic heterocycles. The third-order valence-corrected chi connectivity index (χ3v) is 22.7. The Morgan fingerprint density at radius 3 is 0.545 bits per heavy atom. The molecule has 0 N–H and O–H groups in total. The Morgan fingerprint density at radius 2 is 0.277 bits per heavy atom. The Kier molecular flexibility index (Phi) is 16.2. The smallest absolute Gasteiger partial charge is 0.0541 e. The summed E-state index contributed by atoms with van der Waals surface area (Å²) >= 11 is 0. The van der Waals surface area contributed by atoms with Crippen molar-refractivity contribution in [3.8, 4) is 112 Å². The molecule has 18 aromatic carbocycles. The van der Waals surface area contributed by atoms with Crippen LogP contribution in [0.2, 0.25) is 0 Å². The highest BCUT2D eigenvalue weighted by Gasteiger charge is 2.21. The molecule has 0 spiro atoms. The number of aromatic nitrogens is 4. The lowest BCUT2D eigenvalue weighted by molar-refractivity contribution is 1.18. The molecular formula is C108H72N4. The van der Waals surface area contributed by atoms with Crippen LogP contribution < -0.4 is 0 Å². The van der Waals surface area contributed by atoms with Gasteiger partial charge in [-0.05, 0) is 210 Å². The van der Waals surface area contributed by atoms with E-state index in [2.05, 4.69) is 455 Å². The van der Waals surface area contributed by atoms with Crippen molar-refractivity contribution >= 4 is 87.2 Å². The number of hydrogen-bond acceptors (Lipinski definition) is 0. The molecule has 0 bridgehead atoms. The molecule has 0 radical (unpaired) electrons. The van der Waals surface area contributed by atoms with E-state index in [1.165, 1.54) is 176 Å². The topological polar surface area (TPSA) is 19.7 Å². The van der Waals surface area contributed by atoms with Crippen molar-refractivity contribution < 1.29 is 0 Å². The standard InChI is InChI=1S/2C54H36N2/c1-3-12-37(13-4-1)39-22-24-41(25-23-39)42-16-11-17-46(34-42)56-52-21-10-8-19-48(52)50-36-44(29-33-54(50)56)43-28-32-53-49(35-43)47-18-7-9-20-51(47)55(53)45-30-26-40(27-31-45)38-14-5-2-6-15-38;1-3-11-37(12-4-1)39-19-21-40(22-20-39)42-25-31-46(32-26-42)56-52-18-10-8-16-48(52)50-36-44(28-34-54(50)56)43-27-33-53-49(35-43)47-15-7-9-17-51(47)55(53)45-29-23-41(24-30-45)38-13-5-2-6-14-38/h2*1-36H.